The van der Waals surface area contributed by atoms with E-state index in [1.165, 1.54) is 5.56 Å². The van der Waals surface area contributed by atoms with Crippen LogP contribution >= 0.6 is 0 Å². The fourth-order valence-electron chi connectivity index (χ4n) is 2.05. The number of hydrogen-bond acceptors (Lipinski definition) is 3. The van der Waals surface area contributed by atoms with Crippen LogP contribution < -0.4 is 0 Å². The third-order valence-corrected chi connectivity index (χ3v) is 3.38. The first-order chi connectivity index (χ1) is 9.67. The third kappa shape index (κ3) is 6.21. The second kappa shape index (κ2) is 9.55. The zero-order valence-electron chi connectivity index (χ0n) is 12.5. The van der Waals surface area contributed by atoms with E-state index in [0.29, 0.717) is 12.6 Å². The van der Waals surface area contributed by atoms with Crippen molar-refractivity contribution < 1.29 is 9.84 Å². The van der Waals surface area contributed by atoms with Crippen molar-refractivity contribution in [1.29, 1.82) is 0 Å². The summed E-state index contributed by atoms with van der Waals surface area (Å²) in [5, 5.41) is 10.0. The fraction of sp³-hybridized carbons (Fsp3) is 0.529. The van der Waals surface area contributed by atoms with Gasteiger partial charge in [0.25, 0.3) is 0 Å². The van der Waals surface area contributed by atoms with Gasteiger partial charge < -0.3 is 9.84 Å². The summed E-state index contributed by atoms with van der Waals surface area (Å²) in [5.74, 6) is 2.40. The summed E-state index contributed by atoms with van der Waals surface area (Å²) in [6.45, 7) is 6.29. The van der Waals surface area contributed by atoms with Crippen molar-refractivity contribution in [2.24, 2.45) is 0 Å². The Bertz CT molecular complexity index is 399. The zero-order valence-corrected chi connectivity index (χ0v) is 12.5. The molecule has 0 spiro atoms. The van der Waals surface area contributed by atoms with E-state index < -0.39 is 6.10 Å². The van der Waals surface area contributed by atoms with Gasteiger partial charge in [-0.2, -0.15) is 0 Å². The molecule has 0 saturated heterocycles. The molecule has 0 unspecified atom stereocenters. The molecule has 0 saturated carbocycles. The molecule has 0 aliphatic rings. The molecule has 0 bridgehead atoms. The Kier molecular flexibility index (Phi) is 7.98. The first-order valence-electron chi connectivity index (χ1n) is 7.14. The summed E-state index contributed by atoms with van der Waals surface area (Å²) in [5.41, 5.74) is 1.25. The predicted molar refractivity (Wildman–Crippen MR) is 82.3 cm³/mol. The van der Waals surface area contributed by atoms with Crippen LogP contribution in [-0.2, 0) is 11.3 Å². The number of ether oxygens (including phenoxy) is 1. The lowest BCUT2D eigenvalue weighted by Gasteiger charge is -2.30. The van der Waals surface area contributed by atoms with E-state index >= 15 is 0 Å². The van der Waals surface area contributed by atoms with Crippen molar-refractivity contribution in [2.45, 2.75) is 39.0 Å². The molecular weight excluding hydrogens is 250 g/mol. The number of aliphatic hydroxyl groups is 1. The molecule has 0 aliphatic heterocycles. The van der Waals surface area contributed by atoms with Crippen LogP contribution in [0.5, 0.6) is 0 Å². The molecule has 0 aromatic heterocycles. The summed E-state index contributed by atoms with van der Waals surface area (Å²) in [4.78, 5) is 2.28. The van der Waals surface area contributed by atoms with Crippen LogP contribution in [-0.4, -0.2) is 41.9 Å². The first kappa shape index (κ1) is 16.7. The number of benzene rings is 1. The van der Waals surface area contributed by atoms with Gasteiger partial charge in [-0.05, 0) is 18.9 Å². The Labute approximate surface area is 122 Å². The molecule has 2 atom stereocenters. The molecule has 1 rings (SSSR count). The maximum atomic E-state index is 10.0. The Morgan fingerprint density at radius 2 is 2.05 bits per heavy atom. The topological polar surface area (TPSA) is 32.7 Å². The second-order valence-electron chi connectivity index (χ2n) is 5.05. The van der Waals surface area contributed by atoms with Gasteiger partial charge in [-0.3, -0.25) is 4.90 Å². The summed E-state index contributed by atoms with van der Waals surface area (Å²) in [7, 11) is 0. The molecule has 3 heteroatoms. The average Bonchev–Trinajstić information content (AvgIpc) is 2.47. The van der Waals surface area contributed by atoms with Crippen LogP contribution in [0, 0.1) is 12.3 Å². The van der Waals surface area contributed by atoms with Crippen LogP contribution in [0.4, 0.5) is 0 Å². The Morgan fingerprint density at radius 3 is 2.65 bits per heavy atom. The van der Waals surface area contributed by atoms with Crippen LogP contribution in [0.25, 0.3) is 0 Å². The first-order valence-corrected chi connectivity index (χ1v) is 7.14. The van der Waals surface area contributed by atoms with Crippen molar-refractivity contribution in [3.05, 3.63) is 35.9 Å². The van der Waals surface area contributed by atoms with E-state index in [2.05, 4.69) is 36.8 Å². The molecule has 0 aliphatic carbocycles. The molecule has 0 radical (unpaired) electrons. The standard InChI is InChI=1S/C17H25NO2/c1-4-11-20-14-17(19)13-18(15(3)5-2)12-16-9-7-6-8-10-16/h1,6-10,15,17,19H,5,11-14H2,2-3H3/t15-,17-/m1/s1. The van der Waals surface area contributed by atoms with Crippen molar-refractivity contribution in [3.63, 3.8) is 0 Å². The van der Waals surface area contributed by atoms with Gasteiger partial charge in [0, 0.05) is 19.1 Å². The van der Waals surface area contributed by atoms with Gasteiger partial charge in [-0.1, -0.05) is 43.2 Å². The van der Waals surface area contributed by atoms with Crippen LogP contribution in [0.3, 0.4) is 0 Å². The maximum absolute atomic E-state index is 10.0. The van der Waals surface area contributed by atoms with Crippen molar-refractivity contribution in [1.82, 2.24) is 4.90 Å². The SMILES string of the molecule is C#CCOC[C@H](O)CN(Cc1ccccc1)[C@H](C)CC. The number of rotatable bonds is 9. The highest BCUT2D eigenvalue weighted by atomic mass is 16.5. The molecule has 1 aromatic carbocycles. The molecule has 0 fully saturated rings. The maximum Gasteiger partial charge on any atom is 0.107 e. The van der Waals surface area contributed by atoms with Gasteiger partial charge in [0.05, 0.1) is 12.7 Å². The van der Waals surface area contributed by atoms with Crippen LogP contribution in [0.2, 0.25) is 0 Å². The van der Waals surface area contributed by atoms with Gasteiger partial charge in [0.15, 0.2) is 0 Å². The minimum absolute atomic E-state index is 0.249. The van der Waals surface area contributed by atoms with Gasteiger partial charge in [0.1, 0.15) is 6.61 Å². The summed E-state index contributed by atoms with van der Waals surface area (Å²) < 4.78 is 5.20. The van der Waals surface area contributed by atoms with E-state index in [-0.39, 0.29) is 13.2 Å². The number of aliphatic hydroxyl groups excluding tert-OH is 1. The van der Waals surface area contributed by atoms with Crippen LogP contribution in [0.15, 0.2) is 30.3 Å². The minimum Gasteiger partial charge on any atom is -0.389 e. The number of nitrogens with zero attached hydrogens (tertiary/aromatic N) is 1. The monoisotopic (exact) mass is 275 g/mol. The Hall–Kier alpha value is -1.34. The van der Waals surface area contributed by atoms with E-state index in [1.54, 1.807) is 0 Å². The number of terminal acetylenes is 1. The molecule has 3 nitrogen and oxygen atoms in total. The van der Waals surface area contributed by atoms with E-state index in [1.807, 2.05) is 18.2 Å². The smallest absolute Gasteiger partial charge is 0.107 e. The zero-order chi connectivity index (χ0) is 14.8. The highest BCUT2D eigenvalue weighted by Crippen LogP contribution is 2.11. The fourth-order valence-corrected chi connectivity index (χ4v) is 2.05. The van der Waals surface area contributed by atoms with Gasteiger partial charge in [0.2, 0.25) is 0 Å². The Balaban J connectivity index is 2.54. The molecule has 1 aromatic rings. The van der Waals surface area contributed by atoms with Crippen molar-refractivity contribution in [2.75, 3.05) is 19.8 Å². The van der Waals surface area contributed by atoms with E-state index in [4.69, 9.17) is 11.2 Å². The number of hydrogen-bond donors (Lipinski definition) is 1. The lowest BCUT2D eigenvalue weighted by Crippen LogP contribution is -2.39. The summed E-state index contributed by atoms with van der Waals surface area (Å²) in [6.07, 6.45) is 5.65. The highest BCUT2D eigenvalue weighted by Gasteiger charge is 2.17. The lowest BCUT2D eigenvalue weighted by molar-refractivity contribution is 0.0170. The second-order valence-corrected chi connectivity index (χ2v) is 5.05. The van der Waals surface area contributed by atoms with E-state index in [0.717, 1.165) is 13.0 Å². The van der Waals surface area contributed by atoms with E-state index in [9.17, 15) is 5.11 Å². The average molecular weight is 275 g/mol. The molecular formula is C17H25NO2. The Morgan fingerprint density at radius 1 is 1.35 bits per heavy atom. The van der Waals surface area contributed by atoms with Crippen molar-refractivity contribution >= 4 is 0 Å². The minimum atomic E-state index is -0.513. The molecule has 0 heterocycles. The molecule has 110 valence electrons. The van der Waals surface area contributed by atoms with Gasteiger partial charge in [-0.25, -0.2) is 0 Å². The van der Waals surface area contributed by atoms with Crippen molar-refractivity contribution in [3.8, 4) is 12.3 Å². The molecule has 1 N–H and O–H groups in total. The molecule has 20 heavy (non-hydrogen) atoms. The largest absolute Gasteiger partial charge is 0.389 e. The summed E-state index contributed by atoms with van der Waals surface area (Å²) >= 11 is 0. The quantitative estimate of drug-likeness (QED) is 0.554. The lowest BCUT2D eigenvalue weighted by atomic mass is 10.1. The third-order valence-electron chi connectivity index (χ3n) is 3.38. The van der Waals surface area contributed by atoms with Gasteiger partial charge >= 0.3 is 0 Å². The summed E-state index contributed by atoms with van der Waals surface area (Å²) in [6, 6.07) is 10.7. The highest BCUT2D eigenvalue weighted by molar-refractivity contribution is 5.14. The van der Waals surface area contributed by atoms with Gasteiger partial charge in [-0.15, -0.1) is 6.42 Å². The molecule has 0 amide bonds. The normalized spacial score (nSPS) is 13.9. The van der Waals surface area contributed by atoms with Crippen LogP contribution in [0.1, 0.15) is 25.8 Å². The predicted octanol–water partition coefficient (Wildman–Crippen LogP) is 2.30.